The van der Waals surface area contributed by atoms with E-state index < -0.39 is 0 Å². The highest BCUT2D eigenvalue weighted by atomic mass is 15.0. The first-order valence-electron chi connectivity index (χ1n) is 16.5. The molecule has 236 valence electrons. The smallest absolute Gasteiger partial charge is 0.154 e. The molecule has 6 nitrogen and oxygen atoms in total. The molecule has 2 bridgehead atoms. The van der Waals surface area contributed by atoms with Gasteiger partial charge in [0, 0.05) is 59.1 Å². The molecule has 0 saturated carbocycles. The molecular weight excluding hydrogens is 601 g/mol. The standard InChI is InChI=1S/C43H34N6/c1-45-43(35-22-13-19-32(27-35)39-38(29-14-4-2-5-15-29)31-18-8-9-23-36(28-31)46-39)48-42(44)34-21-12-20-33(26-34)40-41(30-16-6-3-7-17-30)49-25-11-10-24-37(49)47-40/h2-27,31H,28H2,1H3,(H2,44,45,48). The fourth-order valence-corrected chi connectivity index (χ4v) is 6.71. The summed E-state index contributed by atoms with van der Waals surface area (Å²) in [4.78, 5) is 15.0. The third-order valence-corrected chi connectivity index (χ3v) is 8.99. The van der Waals surface area contributed by atoms with Gasteiger partial charge in [0.2, 0.25) is 0 Å². The molecule has 1 aliphatic carbocycles. The van der Waals surface area contributed by atoms with E-state index in [2.05, 4.69) is 82.6 Å². The van der Waals surface area contributed by atoms with E-state index in [1.54, 1.807) is 0 Å². The van der Waals surface area contributed by atoms with Gasteiger partial charge >= 0.3 is 0 Å². The Balaban J connectivity index is 1.17. The van der Waals surface area contributed by atoms with E-state index in [4.69, 9.17) is 20.4 Å². The minimum Gasteiger partial charge on any atom is -0.373 e. The zero-order valence-electron chi connectivity index (χ0n) is 27.1. The lowest BCUT2D eigenvalue weighted by Crippen LogP contribution is -2.21. The lowest BCUT2D eigenvalue weighted by Gasteiger charge is -2.25. The van der Waals surface area contributed by atoms with Gasteiger partial charge in [0.05, 0.1) is 17.1 Å². The van der Waals surface area contributed by atoms with Gasteiger partial charge in [0.25, 0.3) is 0 Å². The minimum absolute atomic E-state index is 0.157. The quantitative estimate of drug-likeness (QED) is 0.142. The van der Waals surface area contributed by atoms with Crippen LogP contribution < -0.4 is 5.32 Å². The minimum atomic E-state index is 0.157. The van der Waals surface area contributed by atoms with Gasteiger partial charge in [0.1, 0.15) is 11.5 Å². The summed E-state index contributed by atoms with van der Waals surface area (Å²) in [5.41, 5.74) is 11.8. The van der Waals surface area contributed by atoms with Crippen LogP contribution in [-0.2, 0) is 0 Å². The van der Waals surface area contributed by atoms with Crippen molar-refractivity contribution in [2.45, 2.75) is 6.42 Å². The van der Waals surface area contributed by atoms with Gasteiger partial charge in [-0.25, -0.2) is 9.98 Å². The topological polar surface area (TPSA) is 77.9 Å². The summed E-state index contributed by atoms with van der Waals surface area (Å²) in [5.74, 6) is 0.999. The van der Waals surface area contributed by atoms with Crippen LogP contribution in [0.1, 0.15) is 28.7 Å². The molecule has 2 aromatic heterocycles. The molecule has 49 heavy (non-hydrogen) atoms. The Morgan fingerprint density at radius 3 is 2.24 bits per heavy atom. The second-order valence-corrected chi connectivity index (χ2v) is 12.1. The number of aliphatic imine (C=N–C) groups is 2. The first kappa shape index (κ1) is 30.0. The molecule has 4 aromatic carbocycles. The van der Waals surface area contributed by atoms with E-state index in [1.165, 1.54) is 11.1 Å². The number of allylic oxidation sites excluding steroid dienone is 5. The number of nitrogens with zero attached hydrogens (tertiary/aromatic N) is 4. The number of nitrogens with one attached hydrogen (secondary N) is 2. The van der Waals surface area contributed by atoms with Crippen molar-refractivity contribution >= 4 is 34.3 Å². The van der Waals surface area contributed by atoms with Gasteiger partial charge in [-0.2, -0.15) is 0 Å². The predicted octanol–water partition coefficient (Wildman–Crippen LogP) is 9.12. The van der Waals surface area contributed by atoms with E-state index in [-0.39, 0.29) is 11.8 Å². The Hall–Kier alpha value is -6.40. The van der Waals surface area contributed by atoms with E-state index in [1.807, 2.05) is 92.1 Å². The highest BCUT2D eigenvalue weighted by Gasteiger charge is 2.26. The predicted molar refractivity (Wildman–Crippen MR) is 202 cm³/mol. The fourth-order valence-electron chi connectivity index (χ4n) is 6.71. The Kier molecular flexibility index (Phi) is 7.96. The number of hydrogen-bond acceptors (Lipinski definition) is 3. The van der Waals surface area contributed by atoms with Crippen LogP contribution in [0.4, 0.5) is 0 Å². The Morgan fingerprint density at radius 2 is 1.45 bits per heavy atom. The highest BCUT2D eigenvalue weighted by molar-refractivity contribution is 6.12. The number of benzene rings is 4. The number of rotatable bonds is 6. The van der Waals surface area contributed by atoms with Gasteiger partial charge in [0.15, 0.2) is 5.84 Å². The molecule has 8 rings (SSSR count). The van der Waals surface area contributed by atoms with Crippen LogP contribution in [0.3, 0.4) is 0 Å². The monoisotopic (exact) mass is 634 g/mol. The second-order valence-electron chi connectivity index (χ2n) is 12.1. The summed E-state index contributed by atoms with van der Waals surface area (Å²) < 4.78 is 2.12. The van der Waals surface area contributed by atoms with Gasteiger partial charge in [-0.3, -0.25) is 14.8 Å². The number of aromatic nitrogens is 2. The summed E-state index contributed by atoms with van der Waals surface area (Å²) in [5, 5.41) is 12.4. The van der Waals surface area contributed by atoms with Crippen LogP contribution in [0.25, 0.3) is 39.4 Å². The molecule has 1 atom stereocenters. The van der Waals surface area contributed by atoms with E-state index >= 15 is 0 Å². The Labute approximate surface area is 285 Å². The van der Waals surface area contributed by atoms with Crippen molar-refractivity contribution in [1.82, 2.24) is 14.7 Å². The van der Waals surface area contributed by atoms with Gasteiger partial charge < -0.3 is 5.32 Å². The number of hydrogen-bond donors (Lipinski definition) is 2. The summed E-state index contributed by atoms with van der Waals surface area (Å²) >= 11 is 0. The Bertz CT molecular complexity index is 2360. The van der Waals surface area contributed by atoms with Crippen molar-refractivity contribution in [3.8, 4) is 22.5 Å². The van der Waals surface area contributed by atoms with Crippen LogP contribution in [-0.4, -0.2) is 33.8 Å². The summed E-state index contributed by atoms with van der Waals surface area (Å²) in [7, 11) is 1.84. The van der Waals surface area contributed by atoms with Crippen molar-refractivity contribution in [2.75, 3.05) is 7.05 Å². The van der Waals surface area contributed by atoms with Crippen molar-refractivity contribution in [3.05, 3.63) is 180 Å². The van der Waals surface area contributed by atoms with Crippen LogP contribution in [0.5, 0.6) is 0 Å². The average Bonchev–Trinajstić information content (AvgIpc) is 3.45. The summed E-state index contributed by atoms with van der Waals surface area (Å²) in [6.07, 6.45) is 11.5. The molecule has 2 N–H and O–H groups in total. The van der Waals surface area contributed by atoms with Crippen LogP contribution >= 0.6 is 0 Å². The van der Waals surface area contributed by atoms with Crippen molar-refractivity contribution in [1.29, 1.82) is 5.41 Å². The van der Waals surface area contributed by atoms with E-state index in [0.29, 0.717) is 11.4 Å². The molecule has 1 unspecified atom stereocenters. The maximum atomic E-state index is 9.10. The molecular formula is C43H34N6. The zero-order valence-corrected chi connectivity index (χ0v) is 27.1. The number of pyridine rings is 1. The van der Waals surface area contributed by atoms with Crippen molar-refractivity contribution in [3.63, 3.8) is 0 Å². The SMILES string of the molecule is CNC(=NC(=N)c1cccc(-c2nc3ccccn3c2-c2ccccc2)c1)c1cccc(C2=C(c3ccccc3)C3C=CC=CC(=N2)C3)c1. The van der Waals surface area contributed by atoms with Crippen LogP contribution in [0.15, 0.2) is 168 Å². The summed E-state index contributed by atoms with van der Waals surface area (Å²) in [6, 6.07) is 43.1. The molecule has 0 spiro atoms. The lowest BCUT2D eigenvalue weighted by molar-refractivity contribution is 0.877. The third-order valence-electron chi connectivity index (χ3n) is 8.99. The summed E-state index contributed by atoms with van der Waals surface area (Å²) in [6.45, 7) is 0. The zero-order chi connectivity index (χ0) is 33.2. The fraction of sp³-hybridized carbons (Fsp3) is 0.0698. The molecule has 6 aromatic rings. The number of fused-ring (bicyclic) bond motifs is 3. The van der Waals surface area contributed by atoms with E-state index in [0.717, 1.165) is 57.1 Å². The number of amidine groups is 2. The number of imidazole rings is 1. The van der Waals surface area contributed by atoms with Crippen molar-refractivity contribution < 1.29 is 0 Å². The van der Waals surface area contributed by atoms with Crippen molar-refractivity contribution in [2.24, 2.45) is 15.9 Å². The second kappa shape index (κ2) is 13.0. The molecule has 2 aliphatic rings. The van der Waals surface area contributed by atoms with Gasteiger partial charge in [-0.05, 0) is 41.5 Å². The largest absolute Gasteiger partial charge is 0.373 e. The van der Waals surface area contributed by atoms with E-state index in [9.17, 15) is 0 Å². The maximum Gasteiger partial charge on any atom is 0.154 e. The molecule has 0 amide bonds. The average molecular weight is 635 g/mol. The first-order chi connectivity index (χ1) is 24.2. The molecule has 0 saturated heterocycles. The molecule has 3 heterocycles. The van der Waals surface area contributed by atoms with Gasteiger partial charge in [-0.1, -0.05) is 121 Å². The molecule has 0 fully saturated rings. The maximum absolute atomic E-state index is 9.10. The first-order valence-corrected chi connectivity index (χ1v) is 16.5. The lowest BCUT2D eigenvalue weighted by atomic mass is 9.83. The highest BCUT2D eigenvalue weighted by Crippen LogP contribution is 2.40. The Morgan fingerprint density at radius 1 is 0.755 bits per heavy atom. The van der Waals surface area contributed by atoms with Crippen LogP contribution in [0.2, 0.25) is 0 Å². The molecule has 1 aliphatic heterocycles. The van der Waals surface area contributed by atoms with Gasteiger partial charge in [-0.15, -0.1) is 0 Å². The van der Waals surface area contributed by atoms with Crippen LogP contribution in [0, 0.1) is 11.3 Å². The molecule has 0 radical (unpaired) electrons. The normalized spacial score (nSPS) is 15.7. The third kappa shape index (κ3) is 5.85. The molecule has 6 heteroatoms.